The Morgan fingerprint density at radius 3 is 2.60 bits per heavy atom. The Balaban J connectivity index is 1.69. The molecule has 4 nitrogen and oxygen atoms in total. The predicted molar refractivity (Wildman–Crippen MR) is 98.3 cm³/mol. The van der Waals surface area contributed by atoms with Gasteiger partial charge < -0.3 is 10.2 Å². The summed E-state index contributed by atoms with van der Waals surface area (Å²) >= 11 is 5.88. The fourth-order valence-corrected chi connectivity index (χ4v) is 3.27. The number of carbonyl (C=O) groups is 2. The SMILES string of the molecule is CCC[C@H](C(=O)NCc1ccc(Cl)cc1)N1Cc2ccccc2C1=O. The van der Waals surface area contributed by atoms with Crippen LogP contribution in [0.3, 0.4) is 0 Å². The van der Waals surface area contributed by atoms with E-state index in [-0.39, 0.29) is 11.8 Å². The van der Waals surface area contributed by atoms with Crippen molar-refractivity contribution in [3.8, 4) is 0 Å². The van der Waals surface area contributed by atoms with Crippen molar-refractivity contribution in [2.75, 3.05) is 0 Å². The van der Waals surface area contributed by atoms with Crippen molar-refractivity contribution in [3.05, 3.63) is 70.2 Å². The van der Waals surface area contributed by atoms with Crippen LogP contribution in [0.5, 0.6) is 0 Å². The van der Waals surface area contributed by atoms with Gasteiger partial charge in [-0.15, -0.1) is 0 Å². The quantitative estimate of drug-likeness (QED) is 0.856. The smallest absolute Gasteiger partial charge is 0.255 e. The number of hydrogen-bond donors (Lipinski definition) is 1. The van der Waals surface area contributed by atoms with E-state index < -0.39 is 6.04 Å². The molecule has 2 aromatic carbocycles. The van der Waals surface area contributed by atoms with Crippen LogP contribution in [0.15, 0.2) is 48.5 Å². The van der Waals surface area contributed by atoms with Crippen molar-refractivity contribution in [2.45, 2.75) is 38.9 Å². The molecule has 0 aromatic heterocycles. The number of amides is 2. The molecule has 1 aliphatic rings. The maximum atomic E-state index is 12.7. The van der Waals surface area contributed by atoms with E-state index in [0.29, 0.717) is 30.1 Å². The summed E-state index contributed by atoms with van der Waals surface area (Å²) in [6.45, 7) is 2.94. The van der Waals surface area contributed by atoms with Gasteiger partial charge in [-0.05, 0) is 35.7 Å². The first-order valence-corrected chi connectivity index (χ1v) is 8.89. The monoisotopic (exact) mass is 356 g/mol. The van der Waals surface area contributed by atoms with Crippen molar-refractivity contribution in [3.63, 3.8) is 0 Å². The van der Waals surface area contributed by atoms with E-state index in [9.17, 15) is 9.59 Å². The fraction of sp³-hybridized carbons (Fsp3) is 0.300. The van der Waals surface area contributed by atoms with Crippen LogP contribution >= 0.6 is 11.6 Å². The molecule has 0 saturated carbocycles. The molecule has 0 saturated heterocycles. The molecule has 0 fully saturated rings. The number of halogens is 1. The van der Waals surface area contributed by atoms with Crippen molar-refractivity contribution in [1.29, 1.82) is 0 Å². The predicted octanol–water partition coefficient (Wildman–Crippen LogP) is 3.78. The number of fused-ring (bicyclic) bond motifs is 1. The number of nitrogens with one attached hydrogen (secondary N) is 1. The van der Waals surface area contributed by atoms with Crippen LogP contribution < -0.4 is 5.32 Å². The van der Waals surface area contributed by atoms with Gasteiger partial charge in [0.25, 0.3) is 5.91 Å². The van der Waals surface area contributed by atoms with Crippen molar-refractivity contribution in [1.82, 2.24) is 10.2 Å². The minimum atomic E-state index is -0.447. The van der Waals surface area contributed by atoms with Gasteiger partial charge in [-0.2, -0.15) is 0 Å². The fourth-order valence-electron chi connectivity index (χ4n) is 3.14. The second-order valence-electron chi connectivity index (χ2n) is 6.24. The third-order valence-corrected chi connectivity index (χ3v) is 4.72. The van der Waals surface area contributed by atoms with E-state index in [1.807, 2.05) is 43.3 Å². The molecule has 0 unspecified atom stereocenters. The third kappa shape index (κ3) is 3.85. The highest BCUT2D eigenvalue weighted by molar-refractivity contribution is 6.30. The number of nitrogens with zero attached hydrogens (tertiary/aromatic N) is 1. The first-order valence-electron chi connectivity index (χ1n) is 8.51. The van der Waals surface area contributed by atoms with E-state index >= 15 is 0 Å². The van der Waals surface area contributed by atoms with Crippen LogP contribution in [-0.2, 0) is 17.9 Å². The molecule has 0 aliphatic carbocycles. The Morgan fingerprint density at radius 1 is 1.20 bits per heavy atom. The number of carbonyl (C=O) groups excluding carboxylic acids is 2. The minimum absolute atomic E-state index is 0.0595. The van der Waals surface area contributed by atoms with Crippen molar-refractivity contribution >= 4 is 23.4 Å². The summed E-state index contributed by atoms with van der Waals surface area (Å²) in [5, 5.41) is 3.62. The largest absolute Gasteiger partial charge is 0.350 e. The molecular formula is C20H21ClN2O2. The highest BCUT2D eigenvalue weighted by Crippen LogP contribution is 2.26. The summed E-state index contributed by atoms with van der Waals surface area (Å²) in [5.41, 5.74) is 2.66. The van der Waals surface area contributed by atoms with Gasteiger partial charge in [-0.3, -0.25) is 9.59 Å². The molecule has 1 aliphatic heterocycles. The third-order valence-electron chi connectivity index (χ3n) is 4.47. The van der Waals surface area contributed by atoms with Gasteiger partial charge in [0.15, 0.2) is 0 Å². The Morgan fingerprint density at radius 2 is 1.92 bits per heavy atom. The Bertz CT molecular complexity index is 774. The lowest BCUT2D eigenvalue weighted by molar-refractivity contribution is -0.126. The topological polar surface area (TPSA) is 49.4 Å². The average molecular weight is 357 g/mol. The minimum Gasteiger partial charge on any atom is -0.350 e. The van der Waals surface area contributed by atoms with E-state index in [1.54, 1.807) is 17.0 Å². The lowest BCUT2D eigenvalue weighted by Crippen LogP contribution is -2.46. The van der Waals surface area contributed by atoms with Crippen LogP contribution in [0.2, 0.25) is 5.02 Å². The molecular weight excluding hydrogens is 336 g/mol. The van der Waals surface area contributed by atoms with Gasteiger partial charge in [0, 0.05) is 23.7 Å². The first-order chi connectivity index (χ1) is 12.1. The zero-order chi connectivity index (χ0) is 17.8. The Labute approximate surface area is 152 Å². The van der Waals surface area contributed by atoms with Gasteiger partial charge in [-0.25, -0.2) is 0 Å². The van der Waals surface area contributed by atoms with E-state index in [0.717, 1.165) is 17.5 Å². The number of hydrogen-bond acceptors (Lipinski definition) is 2. The van der Waals surface area contributed by atoms with Crippen LogP contribution in [0.25, 0.3) is 0 Å². The molecule has 1 atom stereocenters. The molecule has 25 heavy (non-hydrogen) atoms. The summed E-state index contributed by atoms with van der Waals surface area (Å²) in [7, 11) is 0. The van der Waals surface area contributed by atoms with Crippen LogP contribution in [0.4, 0.5) is 0 Å². The summed E-state index contributed by atoms with van der Waals surface area (Å²) in [4.78, 5) is 27.1. The molecule has 1 heterocycles. The molecule has 0 radical (unpaired) electrons. The van der Waals surface area contributed by atoms with Gasteiger partial charge in [0.2, 0.25) is 5.91 Å². The van der Waals surface area contributed by atoms with Gasteiger partial charge >= 0.3 is 0 Å². The average Bonchev–Trinajstić information content (AvgIpc) is 2.96. The summed E-state index contributed by atoms with van der Waals surface area (Å²) in [5.74, 6) is -0.173. The zero-order valence-corrected chi connectivity index (χ0v) is 14.9. The van der Waals surface area contributed by atoms with Gasteiger partial charge in [0.05, 0.1) is 0 Å². The van der Waals surface area contributed by atoms with Gasteiger partial charge in [0.1, 0.15) is 6.04 Å². The van der Waals surface area contributed by atoms with E-state index in [4.69, 9.17) is 11.6 Å². The molecule has 0 bridgehead atoms. The van der Waals surface area contributed by atoms with Crippen LogP contribution in [-0.4, -0.2) is 22.8 Å². The van der Waals surface area contributed by atoms with E-state index in [2.05, 4.69) is 5.32 Å². The van der Waals surface area contributed by atoms with Crippen LogP contribution in [0, 0.1) is 0 Å². The maximum Gasteiger partial charge on any atom is 0.255 e. The summed E-state index contributed by atoms with van der Waals surface area (Å²) in [6.07, 6.45) is 1.48. The molecule has 130 valence electrons. The Kier molecular flexibility index (Phi) is 5.39. The highest BCUT2D eigenvalue weighted by Gasteiger charge is 2.35. The second-order valence-corrected chi connectivity index (χ2v) is 6.68. The van der Waals surface area contributed by atoms with Crippen molar-refractivity contribution in [2.24, 2.45) is 0 Å². The van der Waals surface area contributed by atoms with Crippen LogP contribution in [0.1, 0.15) is 41.3 Å². The number of benzene rings is 2. The molecule has 2 aromatic rings. The lowest BCUT2D eigenvalue weighted by Gasteiger charge is -2.26. The highest BCUT2D eigenvalue weighted by atomic mass is 35.5. The molecule has 0 spiro atoms. The second kappa shape index (κ2) is 7.70. The maximum absolute atomic E-state index is 12.7. The number of rotatable bonds is 6. The zero-order valence-electron chi connectivity index (χ0n) is 14.2. The summed E-state index contributed by atoms with van der Waals surface area (Å²) in [6, 6.07) is 14.5. The standard InChI is InChI=1S/C20H21ClN2O2/c1-2-5-18(19(24)22-12-14-8-10-16(21)11-9-14)23-13-15-6-3-4-7-17(15)20(23)25/h3-4,6-11,18H,2,5,12-13H2,1H3,(H,22,24)/t18-/m1/s1. The first kappa shape index (κ1) is 17.5. The molecule has 2 amide bonds. The van der Waals surface area contributed by atoms with Gasteiger partial charge in [-0.1, -0.05) is 55.3 Å². The lowest BCUT2D eigenvalue weighted by atomic mass is 10.1. The van der Waals surface area contributed by atoms with E-state index in [1.165, 1.54) is 0 Å². The molecule has 1 N–H and O–H groups in total. The molecule has 3 rings (SSSR count). The summed E-state index contributed by atoms with van der Waals surface area (Å²) < 4.78 is 0. The van der Waals surface area contributed by atoms with Crippen molar-refractivity contribution < 1.29 is 9.59 Å². The molecule has 5 heteroatoms. The Hall–Kier alpha value is -2.33. The normalized spacial score (nSPS) is 14.3.